The van der Waals surface area contributed by atoms with Gasteiger partial charge in [0, 0.05) is 5.75 Å². The van der Waals surface area contributed by atoms with Crippen LogP contribution in [0.25, 0.3) is 10.4 Å². The number of hydrogen-bond donors (Lipinski definition) is 1. The maximum absolute atomic E-state index is 9.19. The van der Waals surface area contributed by atoms with E-state index in [1.807, 2.05) is 30.3 Å². The number of nitriles is 1. The molecule has 0 aliphatic carbocycles. The van der Waals surface area contributed by atoms with Gasteiger partial charge in [-0.25, -0.2) is 0 Å². The van der Waals surface area contributed by atoms with E-state index >= 15 is 0 Å². The number of aliphatic hydroxyl groups is 1. The molecular formula is C12H10N2OS2. The first-order chi connectivity index (χ1) is 8.36. The molecule has 5 heteroatoms. The summed E-state index contributed by atoms with van der Waals surface area (Å²) < 4.78 is 4.27. The van der Waals surface area contributed by atoms with Crippen LogP contribution in [0.1, 0.15) is 5.56 Å². The molecule has 0 aliphatic heterocycles. The fourth-order valence-corrected chi connectivity index (χ4v) is 3.11. The normalized spacial score (nSPS) is 10.1. The highest BCUT2D eigenvalue weighted by Gasteiger charge is 2.14. The summed E-state index contributed by atoms with van der Waals surface area (Å²) >= 11 is 2.74. The van der Waals surface area contributed by atoms with Crippen LogP contribution in [-0.4, -0.2) is 21.8 Å². The van der Waals surface area contributed by atoms with E-state index < -0.39 is 0 Å². The zero-order valence-electron chi connectivity index (χ0n) is 8.96. The summed E-state index contributed by atoms with van der Waals surface area (Å²) in [5, 5.41) is 18.7. The minimum absolute atomic E-state index is 0.0910. The molecule has 0 amide bonds. The summed E-state index contributed by atoms with van der Waals surface area (Å²) in [5.74, 6) is 0.562. The van der Waals surface area contributed by atoms with E-state index in [1.165, 1.54) is 23.3 Å². The maximum Gasteiger partial charge on any atom is 0.128 e. The highest BCUT2D eigenvalue weighted by Crippen LogP contribution is 2.34. The first-order valence-electron chi connectivity index (χ1n) is 5.05. The van der Waals surface area contributed by atoms with Gasteiger partial charge in [0.2, 0.25) is 0 Å². The zero-order valence-corrected chi connectivity index (χ0v) is 10.6. The van der Waals surface area contributed by atoms with Crippen LogP contribution in [0.15, 0.2) is 35.4 Å². The molecule has 0 atom stereocenters. The summed E-state index contributed by atoms with van der Waals surface area (Å²) in [4.78, 5) is 0.897. The molecule has 17 heavy (non-hydrogen) atoms. The molecule has 2 rings (SSSR count). The van der Waals surface area contributed by atoms with Crippen LogP contribution in [0.2, 0.25) is 0 Å². The Morgan fingerprint density at radius 1 is 1.35 bits per heavy atom. The van der Waals surface area contributed by atoms with Gasteiger partial charge < -0.3 is 5.11 Å². The average Bonchev–Trinajstić information content (AvgIpc) is 2.80. The molecule has 0 radical (unpaired) electrons. The fourth-order valence-electron chi connectivity index (χ4n) is 1.40. The second kappa shape index (κ2) is 5.82. The molecule has 0 fully saturated rings. The highest BCUT2D eigenvalue weighted by molar-refractivity contribution is 7.99. The van der Waals surface area contributed by atoms with Gasteiger partial charge in [-0.15, -0.1) is 11.8 Å². The number of hydrogen-bond acceptors (Lipinski definition) is 5. The molecule has 1 aromatic heterocycles. The quantitative estimate of drug-likeness (QED) is 0.861. The molecule has 0 aliphatic rings. The van der Waals surface area contributed by atoms with Crippen molar-refractivity contribution in [2.24, 2.45) is 0 Å². The molecule has 1 heterocycles. The third-order valence-electron chi connectivity index (χ3n) is 2.14. The Morgan fingerprint density at radius 3 is 2.76 bits per heavy atom. The van der Waals surface area contributed by atoms with E-state index in [-0.39, 0.29) is 6.61 Å². The van der Waals surface area contributed by atoms with Gasteiger partial charge in [0.15, 0.2) is 0 Å². The lowest BCUT2D eigenvalue weighted by molar-refractivity contribution is 0.322. The summed E-state index contributed by atoms with van der Waals surface area (Å²) in [6.45, 7) is 0.0910. The van der Waals surface area contributed by atoms with Gasteiger partial charge in [0.25, 0.3) is 0 Å². The molecule has 2 aromatic rings. The largest absolute Gasteiger partial charge is 0.396 e. The van der Waals surface area contributed by atoms with E-state index in [1.54, 1.807) is 0 Å². The summed E-state index contributed by atoms with van der Waals surface area (Å²) in [6.07, 6.45) is 0. The first kappa shape index (κ1) is 12.1. The van der Waals surface area contributed by atoms with Crippen LogP contribution in [-0.2, 0) is 0 Å². The smallest absolute Gasteiger partial charge is 0.128 e. The lowest BCUT2D eigenvalue weighted by atomic mass is 10.1. The average molecular weight is 262 g/mol. The zero-order chi connectivity index (χ0) is 12.1. The van der Waals surface area contributed by atoms with Gasteiger partial charge in [0.05, 0.1) is 11.5 Å². The number of benzene rings is 1. The number of thioether (sulfide) groups is 1. The fraction of sp³-hybridized carbons (Fsp3) is 0.167. The van der Waals surface area contributed by atoms with E-state index in [9.17, 15) is 5.26 Å². The van der Waals surface area contributed by atoms with Crippen LogP contribution >= 0.6 is 23.3 Å². The Kier molecular flexibility index (Phi) is 4.15. The van der Waals surface area contributed by atoms with Gasteiger partial charge in [-0.05, 0) is 17.1 Å². The Balaban J connectivity index is 2.37. The predicted octanol–water partition coefficient (Wildman–Crippen LogP) is 2.77. The minimum atomic E-state index is 0.0910. The van der Waals surface area contributed by atoms with Gasteiger partial charge >= 0.3 is 0 Å². The van der Waals surface area contributed by atoms with Crippen molar-refractivity contribution in [3.05, 3.63) is 35.9 Å². The monoisotopic (exact) mass is 262 g/mol. The summed E-state index contributed by atoms with van der Waals surface area (Å²) in [6, 6.07) is 12.0. The minimum Gasteiger partial charge on any atom is -0.396 e. The van der Waals surface area contributed by atoms with Crippen molar-refractivity contribution in [2.45, 2.75) is 5.03 Å². The van der Waals surface area contributed by atoms with Crippen molar-refractivity contribution < 1.29 is 5.11 Å². The molecule has 1 aromatic carbocycles. The molecule has 1 N–H and O–H groups in total. The second-order valence-corrected chi connectivity index (χ2v) is 5.10. The van der Waals surface area contributed by atoms with E-state index in [0.29, 0.717) is 16.3 Å². The summed E-state index contributed by atoms with van der Waals surface area (Å²) in [5.41, 5.74) is 1.62. The lowest BCUT2D eigenvalue weighted by Gasteiger charge is -1.97. The third-order valence-corrected chi connectivity index (χ3v) is 4.11. The predicted molar refractivity (Wildman–Crippen MR) is 70.1 cm³/mol. The molecular weight excluding hydrogens is 252 g/mol. The highest BCUT2D eigenvalue weighted by atomic mass is 32.2. The lowest BCUT2D eigenvalue weighted by Crippen LogP contribution is -1.87. The van der Waals surface area contributed by atoms with Crippen molar-refractivity contribution in [3.8, 4) is 16.5 Å². The number of nitrogens with zero attached hydrogens (tertiary/aromatic N) is 2. The van der Waals surface area contributed by atoms with Crippen LogP contribution in [0.5, 0.6) is 0 Å². The summed E-state index contributed by atoms with van der Waals surface area (Å²) in [7, 11) is 0. The SMILES string of the molecule is N#Cc1c(SCCO)nsc1-c1ccccc1. The molecule has 86 valence electrons. The Labute approximate surface area is 108 Å². The van der Waals surface area contributed by atoms with Crippen LogP contribution < -0.4 is 0 Å². The molecule has 0 saturated heterocycles. The Morgan fingerprint density at radius 2 is 2.12 bits per heavy atom. The van der Waals surface area contributed by atoms with Gasteiger partial charge in [-0.1, -0.05) is 30.3 Å². The number of aliphatic hydroxyl groups excluding tert-OH is 1. The van der Waals surface area contributed by atoms with Gasteiger partial charge in [-0.2, -0.15) is 9.64 Å². The van der Waals surface area contributed by atoms with E-state index in [2.05, 4.69) is 10.4 Å². The molecule has 3 nitrogen and oxygen atoms in total. The van der Waals surface area contributed by atoms with Crippen LogP contribution in [0, 0.1) is 11.3 Å². The first-order valence-corrected chi connectivity index (χ1v) is 6.81. The van der Waals surface area contributed by atoms with Gasteiger partial charge in [0.1, 0.15) is 16.7 Å². The van der Waals surface area contributed by atoms with Crippen LogP contribution in [0.3, 0.4) is 0 Å². The standard InChI is InChI=1S/C12H10N2OS2/c13-8-10-11(9-4-2-1-3-5-9)17-14-12(10)16-7-6-15/h1-5,15H,6-7H2. The maximum atomic E-state index is 9.19. The third kappa shape index (κ3) is 2.67. The van der Waals surface area contributed by atoms with Crippen LogP contribution in [0.4, 0.5) is 0 Å². The van der Waals surface area contributed by atoms with Crippen molar-refractivity contribution in [2.75, 3.05) is 12.4 Å². The number of rotatable bonds is 4. The van der Waals surface area contributed by atoms with Crippen molar-refractivity contribution in [1.82, 2.24) is 4.37 Å². The van der Waals surface area contributed by atoms with Crippen molar-refractivity contribution >= 4 is 23.3 Å². The Hall–Kier alpha value is -1.35. The topological polar surface area (TPSA) is 56.9 Å². The molecule has 0 unspecified atom stereocenters. The number of aromatic nitrogens is 1. The van der Waals surface area contributed by atoms with Crippen molar-refractivity contribution in [3.63, 3.8) is 0 Å². The van der Waals surface area contributed by atoms with Crippen molar-refractivity contribution in [1.29, 1.82) is 5.26 Å². The molecule has 0 spiro atoms. The van der Waals surface area contributed by atoms with E-state index in [0.717, 1.165) is 10.4 Å². The molecule has 0 bridgehead atoms. The van der Waals surface area contributed by atoms with E-state index in [4.69, 9.17) is 5.11 Å². The Bertz CT molecular complexity index is 531. The molecule has 0 saturated carbocycles. The van der Waals surface area contributed by atoms with Gasteiger partial charge in [-0.3, -0.25) is 0 Å². The second-order valence-electron chi connectivity index (χ2n) is 3.24.